The SMILES string of the molecule is CCCNc1ncc([N+](=O)[O-])c(-c2ccsc2C)n1. The first-order chi connectivity index (χ1) is 9.13. The number of thiophene rings is 1. The molecule has 7 heteroatoms. The number of rotatable bonds is 5. The molecule has 0 aliphatic rings. The summed E-state index contributed by atoms with van der Waals surface area (Å²) in [5.74, 6) is 0.424. The number of hydrogen-bond donors (Lipinski definition) is 1. The van der Waals surface area contributed by atoms with Crippen molar-refractivity contribution in [1.29, 1.82) is 0 Å². The zero-order valence-corrected chi connectivity index (χ0v) is 11.5. The summed E-state index contributed by atoms with van der Waals surface area (Å²) < 4.78 is 0. The number of anilines is 1. The second kappa shape index (κ2) is 5.75. The molecule has 2 aromatic heterocycles. The van der Waals surface area contributed by atoms with Gasteiger partial charge in [-0.2, -0.15) is 0 Å². The van der Waals surface area contributed by atoms with Crippen LogP contribution in [0.2, 0.25) is 0 Å². The minimum absolute atomic E-state index is 0.0662. The number of aryl methyl sites for hydroxylation is 1. The molecular formula is C12H14N4O2S. The highest BCUT2D eigenvalue weighted by Crippen LogP contribution is 2.32. The van der Waals surface area contributed by atoms with Crippen LogP contribution in [-0.4, -0.2) is 21.4 Å². The van der Waals surface area contributed by atoms with Gasteiger partial charge in [0, 0.05) is 17.0 Å². The molecule has 0 unspecified atom stereocenters. The van der Waals surface area contributed by atoms with Crippen LogP contribution in [0.1, 0.15) is 18.2 Å². The maximum atomic E-state index is 11.1. The Labute approximate surface area is 114 Å². The van der Waals surface area contributed by atoms with Crippen LogP contribution in [0.15, 0.2) is 17.6 Å². The van der Waals surface area contributed by atoms with E-state index in [-0.39, 0.29) is 5.69 Å². The third-order valence-corrected chi connectivity index (χ3v) is 3.46. The van der Waals surface area contributed by atoms with Crippen LogP contribution in [0.5, 0.6) is 0 Å². The summed E-state index contributed by atoms with van der Waals surface area (Å²) in [6, 6.07) is 1.85. The molecule has 6 nitrogen and oxygen atoms in total. The molecule has 2 heterocycles. The van der Waals surface area contributed by atoms with Crippen LogP contribution in [-0.2, 0) is 0 Å². The van der Waals surface area contributed by atoms with E-state index in [0.717, 1.165) is 23.4 Å². The molecule has 0 atom stereocenters. The van der Waals surface area contributed by atoms with Gasteiger partial charge in [0.15, 0.2) is 5.69 Å². The molecule has 1 N–H and O–H groups in total. The van der Waals surface area contributed by atoms with Crippen molar-refractivity contribution >= 4 is 23.0 Å². The van der Waals surface area contributed by atoms with Crippen molar-refractivity contribution in [2.75, 3.05) is 11.9 Å². The van der Waals surface area contributed by atoms with Gasteiger partial charge in [0.25, 0.3) is 0 Å². The quantitative estimate of drug-likeness (QED) is 0.670. The van der Waals surface area contributed by atoms with Gasteiger partial charge in [-0.1, -0.05) is 6.92 Å². The molecule has 2 aromatic rings. The zero-order chi connectivity index (χ0) is 13.8. The molecule has 0 radical (unpaired) electrons. The molecule has 100 valence electrons. The normalized spacial score (nSPS) is 10.4. The lowest BCUT2D eigenvalue weighted by Crippen LogP contribution is -2.06. The van der Waals surface area contributed by atoms with Gasteiger partial charge >= 0.3 is 5.69 Å². The molecule has 0 spiro atoms. The number of nitrogens with one attached hydrogen (secondary N) is 1. The van der Waals surface area contributed by atoms with E-state index in [1.807, 2.05) is 25.3 Å². The third kappa shape index (κ3) is 2.87. The lowest BCUT2D eigenvalue weighted by atomic mass is 10.1. The fourth-order valence-corrected chi connectivity index (χ4v) is 2.36. The molecule has 0 bridgehead atoms. The smallest absolute Gasteiger partial charge is 0.313 e. The van der Waals surface area contributed by atoms with Gasteiger partial charge in [-0.05, 0) is 24.8 Å². The maximum Gasteiger partial charge on any atom is 0.313 e. The number of aromatic nitrogens is 2. The van der Waals surface area contributed by atoms with Crippen LogP contribution < -0.4 is 5.32 Å². The van der Waals surface area contributed by atoms with Gasteiger partial charge in [-0.3, -0.25) is 10.1 Å². The highest BCUT2D eigenvalue weighted by atomic mass is 32.1. The lowest BCUT2D eigenvalue weighted by Gasteiger charge is -2.06. The summed E-state index contributed by atoms with van der Waals surface area (Å²) in [6.45, 7) is 4.69. The Morgan fingerprint density at radius 1 is 1.53 bits per heavy atom. The molecule has 0 amide bonds. The maximum absolute atomic E-state index is 11.1. The van der Waals surface area contributed by atoms with E-state index in [9.17, 15) is 10.1 Å². The van der Waals surface area contributed by atoms with Crippen LogP contribution >= 0.6 is 11.3 Å². The summed E-state index contributed by atoms with van der Waals surface area (Å²) in [6.07, 6.45) is 2.20. The van der Waals surface area contributed by atoms with Crippen molar-refractivity contribution in [3.8, 4) is 11.3 Å². The highest BCUT2D eigenvalue weighted by Gasteiger charge is 2.20. The Bertz CT molecular complexity index is 597. The minimum Gasteiger partial charge on any atom is -0.354 e. The largest absolute Gasteiger partial charge is 0.354 e. The van der Waals surface area contributed by atoms with Gasteiger partial charge in [0.05, 0.1) is 4.92 Å². The molecule has 2 rings (SSSR count). The van der Waals surface area contributed by atoms with Crippen LogP contribution in [0, 0.1) is 17.0 Å². The van der Waals surface area contributed by atoms with E-state index in [1.165, 1.54) is 17.5 Å². The van der Waals surface area contributed by atoms with E-state index in [4.69, 9.17) is 0 Å². The lowest BCUT2D eigenvalue weighted by molar-refractivity contribution is -0.384. The van der Waals surface area contributed by atoms with E-state index in [1.54, 1.807) is 0 Å². The minimum atomic E-state index is -0.448. The van der Waals surface area contributed by atoms with Gasteiger partial charge in [0.2, 0.25) is 5.95 Å². The monoisotopic (exact) mass is 278 g/mol. The first-order valence-corrected chi connectivity index (χ1v) is 6.81. The molecule has 0 aliphatic carbocycles. The first kappa shape index (κ1) is 13.4. The highest BCUT2D eigenvalue weighted by molar-refractivity contribution is 7.10. The van der Waals surface area contributed by atoms with Gasteiger partial charge in [-0.25, -0.2) is 9.97 Å². The number of nitrogens with zero attached hydrogens (tertiary/aromatic N) is 3. The Hall–Kier alpha value is -2.02. The topological polar surface area (TPSA) is 81.0 Å². The van der Waals surface area contributed by atoms with Crippen molar-refractivity contribution in [2.24, 2.45) is 0 Å². The van der Waals surface area contributed by atoms with Crippen LogP contribution in [0.4, 0.5) is 11.6 Å². The van der Waals surface area contributed by atoms with Gasteiger partial charge in [-0.15, -0.1) is 11.3 Å². The Kier molecular flexibility index (Phi) is 4.06. The fourth-order valence-electron chi connectivity index (χ4n) is 1.66. The standard InChI is InChI=1S/C12H14N4O2S/c1-3-5-13-12-14-7-10(16(17)18)11(15-12)9-4-6-19-8(9)2/h4,6-7H,3,5H2,1-2H3,(H,13,14,15). The van der Waals surface area contributed by atoms with E-state index in [0.29, 0.717) is 11.6 Å². The molecule has 0 aromatic carbocycles. The predicted molar refractivity (Wildman–Crippen MR) is 75.5 cm³/mol. The van der Waals surface area contributed by atoms with Gasteiger partial charge < -0.3 is 5.32 Å². The van der Waals surface area contributed by atoms with Crippen molar-refractivity contribution < 1.29 is 4.92 Å². The number of hydrogen-bond acceptors (Lipinski definition) is 6. The van der Waals surface area contributed by atoms with Crippen LogP contribution in [0.3, 0.4) is 0 Å². The number of nitro groups is 1. The Morgan fingerprint density at radius 2 is 2.32 bits per heavy atom. The summed E-state index contributed by atoms with van der Waals surface area (Å²) >= 11 is 1.54. The predicted octanol–water partition coefficient (Wildman–Crippen LogP) is 3.24. The summed E-state index contributed by atoms with van der Waals surface area (Å²) in [5, 5.41) is 16.0. The summed E-state index contributed by atoms with van der Waals surface area (Å²) in [7, 11) is 0. The fraction of sp³-hybridized carbons (Fsp3) is 0.333. The van der Waals surface area contributed by atoms with Crippen molar-refractivity contribution in [3.05, 3.63) is 32.6 Å². The molecule has 0 saturated heterocycles. The average molecular weight is 278 g/mol. The van der Waals surface area contributed by atoms with E-state index < -0.39 is 4.92 Å². The molecule has 0 aliphatic heterocycles. The van der Waals surface area contributed by atoms with Crippen molar-refractivity contribution in [1.82, 2.24) is 9.97 Å². The second-order valence-electron chi connectivity index (χ2n) is 4.00. The second-order valence-corrected chi connectivity index (χ2v) is 5.12. The van der Waals surface area contributed by atoms with Crippen molar-refractivity contribution in [3.63, 3.8) is 0 Å². The van der Waals surface area contributed by atoms with E-state index >= 15 is 0 Å². The molecule has 0 fully saturated rings. The van der Waals surface area contributed by atoms with Gasteiger partial charge in [0.1, 0.15) is 6.20 Å². The average Bonchev–Trinajstić information content (AvgIpc) is 2.82. The summed E-state index contributed by atoms with van der Waals surface area (Å²) in [5.41, 5.74) is 1.10. The summed E-state index contributed by atoms with van der Waals surface area (Å²) in [4.78, 5) is 19.9. The van der Waals surface area contributed by atoms with Crippen molar-refractivity contribution in [2.45, 2.75) is 20.3 Å². The zero-order valence-electron chi connectivity index (χ0n) is 10.7. The Morgan fingerprint density at radius 3 is 2.89 bits per heavy atom. The van der Waals surface area contributed by atoms with Crippen LogP contribution in [0.25, 0.3) is 11.3 Å². The Balaban J connectivity index is 2.48. The molecule has 19 heavy (non-hydrogen) atoms. The third-order valence-electron chi connectivity index (χ3n) is 2.61. The molecular weight excluding hydrogens is 264 g/mol. The first-order valence-electron chi connectivity index (χ1n) is 5.93. The van der Waals surface area contributed by atoms with E-state index in [2.05, 4.69) is 15.3 Å². The molecule has 0 saturated carbocycles.